The molecule has 0 fully saturated rings. The van der Waals surface area contributed by atoms with Gasteiger partial charge in [0.05, 0.1) is 17.4 Å². The first-order valence-electron chi connectivity index (χ1n) is 10.6. The normalized spacial score (nSPS) is 12.9. The number of nitrogens with one attached hydrogen (secondary N) is 1. The zero-order valence-corrected chi connectivity index (χ0v) is 18.6. The highest BCUT2D eigenvalue weighted by Gasteiger charge is 2.46. The van der Waals surface area contributed by atoms with Gasteiger partial charge in [-0.25, -0.2) is 4.98 Å². The summed E-state index contributed by atoms with van der Waals surface area (Å²) in [7, 11) is 1.47. The maximum absolute atomic E-state index is 13.8. The maximum atomic E-state index is 13.8. The van der Waals surface area contributed by atoms with Gasteiger partial charge in [0.1, 0.15) is 17.8 Å². The molecule has 0 saturated heterocycles. The van der Waals surface area contributed by atoms with Gasteiger partial charge in [-0.3, -0.25) is 4.79 Å². The molecule has 3 heterocycles. The van der Waals surface area contributed by atoms with Crippen molar-refractivity contribution in [2.75, 3.05) is 12.4 Å². The summed E-state index contributed by atoms with van der Waals surface area (Å²) in [6, 6.07) is 22.2. The van der Waals surface area contributed by atoms with Crippen LogP contribution in [0.5, 0.6) is 0 Å². The Morgan fingerprint density at radius 1 is 1.00 bits per heavy atom. The lowest BCUT2D eigenvalue weighted by molar-refractivity contribution is -0.134. The van der Waals surface area contributed by atoms with E-state index in [0.29, 0.717) is 22.8 Å². The summed E-state index contributed by atoms with van der Waals surface area (Å²) in [6.45, 7) is 1.91. The molecule has 5 rings (SSSR count). The van der Waals surface area contributed by atoms with Crippen molar-refractivity contribution in [2.24, 2.45) is 0 Å². The minimum absolute atomic E-state index is 0.335. The van der Waals surface area contributed by atoms with E-state index in [1.54, 1.807) is 18.3 Å². The van der Waals surface area contributed by atoms with E-state index in [1.807, 2.05) is 67.6 Å². The number of nitrogens with zero attached hydrogens (tertiary/aromatic N) is 4. The second-order valence-electron chi connectivity index (χ2n) is 7.72. The molecule has 168 valence electrons. The lowest BCUT2D eigenvalue weighted by atomic mass is 9.86. The first-order chi connectivity index (χ1) is 16.6. The Morgan fingerprint density at radius 3 is 2.62 bits per heavy atom. The van der Waals surface area contributed by atoms with Crippen LogP contribution in [0, 0.1) is 6.92 Å². The third-order valence-electron chi connectivity index (χ3n) is 5.76. The molecule has 8 nitrogen and oxygen atoms in total. The number of benzene rings is 2. The number of carbonyl (C=O) groups excluding carboxylic acids is 1. The van der Waals surface area contributed by atoms with Crippen LogP contribution >= 0.6 is 0 Å². The number of anilines is 1. The van der Waals surface area contributed by atoms with E-state index in [2.05, 4.69) is 25.7 Å². The summed E-state index contributed by atoms with van der Waals surface area (Å²) >= 11 is 0. The molecular formula is C26H21N5O3. The zero-order valence-electron chi connectivity index (χ0n) is 18.6. The van der Waals surface area contributed by atoms with Crippen LogP contribution in [0.1, 0.15) is 16.8 Å². The maximum Gasteiger partial charge on any atom is 0.268 e. The van der Waals surface area contributed by atoms with Crippen LogP contribution in [-0.4, -0.2) is 33.4 Å². The van der Waals surface area contributed by atoms with Crippen LogP contribution in [0.4, 0.5) is 5.82 Å². The van der Waals surface area contributed by atoms with Crippen LogP contribution < -0.4 is 5.32 Å². The van der Waals surface area contributed by atoms with Gasteiger partial charge in [-0.05, 0) is 30.7 Å². The second kappa shape index (κ2) is 8.84. The molecule has 0 bridgehead atoms. The minimum Gasteiger partial charge on any atom is -0.364 e. The standard InChI is InChI=1S/C26H21N5O3/c1-17-8-3-5-10-20(17)26(33-2,23-14-15-34-31-23)25(32)29-24-13-7-12-21(28-24)19-16-27-30-22-11-6-4-9-18(19)22/h3-16H,1-2H3,(H,28,29,32). The van der Waals surface area contributed by atoms with Gasteiger partial charge >= 0.3 is 0 Å². The molecule has 1 amide bonds. The van der Waals surface area contributed by atoms with E-state index < -0.39 is 11.5 Å². The molecule has 0 radical (unpaired) electrons. The van der Waals surface area contributed by atoms with E-state index in [4.69, 9.17) is 9.26 Å². The fourth-order valence-corrected chi connectivity index (χ4v) is 4.12. The summed E-state index contributed by atoms with van der Waals surface area (Å²) in [6.07, 6.45) is 3.08. The fourth-order valence-electron chi connectivity index (χ4n) is 4.12. The second-order valence-corrected chi connectivity index (χ2v) is 7.72. The average molecular weight is 451 g/mol. The summed E-state index contributed by atoms with van der Waals surface area (Å²) in [5.41, 5.74) is 2.57. The predicted molar refractivity (Wildman–Crippen MR) is 127 cm³/mol. The lowest BCUT2D eigenvalue weighted by Crippen LogP contribution is -2.44. The summed E-state index contributed by atoms with van der Waals surface area (Å²) < 4.78 is 10.9. The first kappa shape index (κ1) is 21.4. The largest absolute Gasteiger partial charge is 0.364 e. The van der Waals surface area contributed by atoms with Gasteiger partial charge in [0.15, 0.2) is 0 Å². The van der Waals surface area contributed by atoms with Crippen molar-refractivity contribution in [1.29, 1.82) is 0 Å². The first-order valence-corrected chi connectivity index (χ1v) is 10.6. The molecule has 8 heteroatoms. The Hall–Kier alpha value is -4.43. The zero-order chi connectivity index (χ0) is 23.5. The molecule has 2 aromatic carbocycles. The molecule has 0 aliphatic rings. The smallest absolute Gasteiger partial charge is 0.268 e. The van der Waals surface area contributed by atoms with Gasteiger partial charge in [-0.2, -0.15) is 10.2 Å². The van der Waals surface area contributed by atoms with Gasteiger partial charge < -0.3 is 14.6 Å². The molecule has 1 unspecified atom stereocenters. The molecule has 0 spiro atoms. The van der Waals surface area contributed by atoms with Crippen molar-refractivity contribution in [3.8, 4) is 11.3 Å². The highest BCUT2D eigenvalue weighted by Crippen LogP contribution is 2.36. The highest BCUT2D eigenvalue weighted by atomic mass is 16.5. The number of hydrogen-bond acceptors (Lipinski definition) is 7. The molecule has 3 aromatic heterocycles. The molecule has 0 saturated carbocycles. The summed E-state index contributed by atoms with van der Waals surface area (Å²) in [5, 5.41) is 16.1. The number of amides is 1. The number of methoxy groups -OCH3 is 1. The molecule has 0 aliphatic carbocycles. The number of pyridine rings is 1. The quantitative estimate of drug-likeness (QED) is 0.405. The Labute approximate surface area is 195 Å². The number of fused-ring (bicyclic) bond motifs is 1. The topological polar surface area (TPSA) is 103 Å². The van der Waals surface area contributed by atoms with Gasteiger partial charge in [0.25, 0.3) is 5.91 Å². The van der Waals surface area contributed by atoms with Crippen molar-refractivity contribution >= 4 is 22.6 Å². The average Bonchev–Trinajstić information content (AvgIpc) is 3.41. The van der Waals surface area contributed by atoms with Crippen LogP contribution in [0.25, 0.3) is 22.2 Å². The van der Waals surface area contributed by atoms with Crippen LogP contribution in [-0.2, 0) is 15.1 Å². The predicted octanol–water partition coefficient (Wildman–Crippen LogP) is 4.52. The van der Waals surface area contributed by atoms with Crippen LogP contribution in [0.2, 0.25) is 0 Å². The Bertz CT molecular complexity index is 1460. The van der Waals surface area contributed by atoms with E-state index in [0.717, 1.165) is 22.0 Å². The van der Waals surface area contributed by atoms with Crippen molar-refractivity contribution in [1.82, 2.24) is 20.3 Å². The van der Waals surface area contributed by atoms with Crippen molar-refractivity contribution in [3.05, 3.63) is 102 Å². The summed E-state index contributed by atoms with van der Waals surface area (Å²) in [4.78, 5) is 18.5. The van der Waals surface area contributed by atoms with E-state index in [1.165, 1.54) is 13.4 Å². The SMILES string of the molecule is COC(C(=O)Nc1cccc(-c2cnnc3ccccc23)n1)(c1ccon1)c1ccccc1C. The molecule has 0 aliphatic heterocycles. The molecule has 34 heavy (non-hydrogen) atoms. The number of rotatable bonds is 6. The van der Waals surface area contributed by atoms with Crippen LogP contribution in [0.15, 0.2) is 89.8 Å². The third-order valence-corrected chi connectivity index (χ3v) is 5.76. The van der Waals surface area contributed by atoms with Gasteiger partial charge in [-0.15, -0.1) is 0 Å². The fraction of sp³-hybridized carbons (Fsp3) is 0.115. The molecule has 1 N–H and O–H groups in total. The number of aryl methyl sites for hydroxylation is 1. The van der Waals surface area contributed by atoms with E-state index >= 15 is 0 Å². The highest BCUT2D eigenvalue weighted by molar-refractivity contribution is 6.00. The third kappa shape index (κ3) is 3.60. The number of hydrogen-bond donors (Lipinski definition) is 1. The van der Waals surface area contributed by atoms with Crippen molar-refractivity contribution < 1.29 is 14.1 Å². The minimum atomic E-state index is -1.53. The lowest BCUT2D eigenvalue weighted by Gasteiger charge is -2.30. The monoisotopic (exact) mass is 451 g/mol. The number of carbonyl (C=O) groups is 1. The number of ether oxygens (including phenoxy) is 1. The Kier molecular flexibility index (Phi) is 5.57. The van der Waals surface area contributed by atoms with Gasteiger partial charge in [0, 0.05) is 29.7 Å². The van der Waals surface area contributed by atoms with Gasteiger partial charge in [0.2, 0.25) is 5.60 Å². The summed E-state index contributed by atoms with van der Waals surface area (Å²) in [5.74, 6) is -0.0811. The van der Waals surface area contributed by atoms with E-state index in [-0.39, 0.29) is 0 Å². The molecular weight excluding hydrogens is 430 g/mol. The Morgan fingerprint density at radius 2 is 1.82 bits per heavy atom. The molecule has 1 atom stereocenters. The van der Waals surface area contributed by atoms with E-state index in [9.17, 15) is 4.79 Å². The molecule has 5 aromatic rings. The van der Waals surface area contributed by atoms with Gasteiger partial charge in [-0.1, -0.05) is 53.7 Å². The van der Waals surface area contributed by atoms with Crippen LogP contribution in [0.3, 0.4) is 0 Å². The number of aromatic nitrogens is 4. The van der Waals surface area contributed by atoms with Crippen molar-refractivity contribution in [2.45, 2.75) is 12.5 Å². The Balaban J connectivity index is 1.56. The van der Waals surface area contributed by atoms with Crippen molar-refractivity contribution in [3.63, 3.8) is 0 Å².